The van der Waals surface area contributed by atoms with Gasteiger partial charge in [0.15, 0.2) is 5.78 Å². The normalized spacial score (nSPS) is 12.2. The zero-order valence-electron chi connectivity index (χ0n) is 11.3. The Morgan fingerprint density at radius 2 is 1.85 bits per heavy atom. The van der Waals surface area contributed by atoms with E-state index in [1.54, 1.807) is 11.4 Å². The number of benzene rings is 1. The molecule has 0 saturated heterocycles. The lowest BCUT2D eigenvalue weighted by Crippen LogP contribution is -2.10. The lowest BCUT2D eigenvalue weighted by molar-refractivity contribution is 0.0979. The van der Waals surface area contributed by atoms with Crippen molar-refractivity contribution in [2.24, 2.45) is 0 Å². The number of hydrogen-bond acceptors (Lipinski definition) is 3. The number of thiophene rings is 1. The third-order valence-electron chi connectivity index (χ3n) is 3.18. The number of rotatable bonds is 4. The Balaban J connectivity index is 2.28. The third kappa shape index (κ3) is 3.17. The van der Waals surface area contributed by atoms with Gasteiger partial charge in [0.25, 0.3) is 0 Å². The van der Waals surface area contributed by atoms with Crippen LogP contribution in [0.1, 0.15) is 47.2 Å². The first-order chi connectivity index (χ1) is 9.52. The molecule has 0 radical (unpaired) electrons. The summed E-state index contributed by atoms with van der Waals surface area (Å²) in [4.78, 5) is 12.4. The molecule has 0 aliphatic heterocycles. The van der Waals surface area contributed by atoms with Crippen molar-refractivity contribution < 1.29 is 4.79 Å². The summed E-state index contributed by atoms with van der Waals surface area (Å²) >= 11 is 4.79. The molecule has 102 valence electrons. The van der Waals surface area contributed by atoms with E-state index in [0.717, 1.165) is 9.35 Å². The number of hydrogen-bond donors (Lipinski definition) is 0. The molecule has 4 heteroatoms. The van der Waals surface area contributed by atoms with Gasteiger partial charge in [-0.25, -0.2) is 0 Å². The van der Waals surface area contributed by atoms with Gasteiger partial charge in [-0.05, 0) is 39.0 Å². The standard InChI is InChI=1S/C16H14BrNOS/c1-10(2)11-3-5-12(6-4-11)14(8-18)16(19)13-7-15(17)20-9-13/h3-7,9-10,14H,1-2H3. The van der Waals surface area contributed by atoms with Crippen LogP contribution in [0.25, 0.3) is 0 Å². The molecule has 0 spiro atoms. The first kappa shape index (κ1) is 15.0. The molecule has 0 N–H and O–H groups in total. The van der Waals surface area contributed by atoms with Gasteiger partial charge in [-0.1, -0.05) is 38.1 Å². The van der Waals surface area contributed by atoms with Crippen molar-refractivity contribution in [1.82, 2.24) is 0 Å². The highest BCUT2D eigenvalue weighted by atomic mass is 79.9. The van der Waals surface area contributed by atoms with E-state index in [0.29, 0.717) is 11.5 Å². The Kier molecular flexibility index (Phi) is 4.74. The average Bonchev–Trinajstić information content (AvgIpc) is 2.86. The molecule has 1 unspecified atom stereocenters. The molecule has 2 nitrogen and oxygen atoms in total. The SMILES string of the molecule is CC(C)c1ccc(C(C#N)C(=O)c2csc(Br)c2)cc1. The maximum Gasteiger partial charge on any atom is 0.185 e. The molecule has 1 aromatic heterocycles. The smallest absolute Gasteiger partial charge is 0.185 e. The summed E-state index contributed by atoms with van der Waals surface area (Å²) < 4.78 is 0.896. The van der Waals surface area contributed by atoms with Crippen molar-refractivity contribution in [3.05, 3.63) is 56.2 Å². The van der Waals surface area contributed by atoms with Gasteiger partial charge >= 0.3 is 0 Å². The lowest BCUT2D eigenvalue weighted by Gasteiger charge is -2.10. The summed E-state index contributed by atoms with van der Waals surface area (Å²) in [5.74, 6) is -0.447. The molecular formula is C16H14BrNOS. The van der Waals surface area contributed by atoms with Crippen LogP contribution in [0.2, 0.25) is 0 Å². The van der Waals surface area contributed by atoms with Gasteiger partial charge in [-0.2, -0.15) is 5.26 Å². The topological polar surface area (TPSA) is 40.9 Å². The molecule has 1 atom stereocenters. The van der Waals surface area contributed by atoms with E-state index in [1.807, 2.05) is 24.3 Å². The molecule has 2 rings (SSSR count). The van der Waals surface area contributed by atoms with Gasteiger partial charge in [0, 0.05) is 10.9 Å². The van der Waals surface area contributed by atoms with E-state index < -0.39 is 5.92 Å². The molecule has 0 fully saturated rings. The lowest BCUT2D eigenvalue weighted by atomic mass is 9.91. The zero-order chi connectivity index (χ0) is 14.7. The number of halogens is 1. The first-order valence-corrected chi connectivity index (χ1v) is 7.98. The molecule has 2 aromatic rings. The Bertz CT molecular complexity index is 652. The van der Waals surface area contributed by atoms with Crippen LogP contribution in [0.15, 0.2) is 39.5 Å². The number of nitriles is 1. The summed E-state index contributed by atoms with van der Waals surface area (Å²) in [5, 5.41) is 11.1. The third-order valence-corrected chi connectivity index (χ3v) is 4.68. The Morgan fingerprint density at radius 1 is 1.25 bits per heavy atom. The summed E-state index contributed by atoms with van der Waals surface area (Å²) in [5.41, 5.74) is 2.54. The zero-order valence-corrected chi connectivity index (χ0v) is 13.7. The molecule has 20 heavy (non-hydrogen) atoms. The first-order valence-electron chi connectivity index (χ1n) is 6.30. The maximum absolute atomic E-state index is 12.4. The Morgan fingerprint density at radius 3 is 2.30 bits per heavy atom. The van der Waals surface area contributed by atoms with E-state index in [4.69, 9.17) is 0 Å². The monoisotopic (exact) mass is 347 g/mol. The summed E-state index contributed by atoms with van der Waals surface area (Å²) in [7, 11) is 0. The van der Waals surface area contributed by atoms with Gasteiger partial charge < -0.3 is 0 Å². The van der Waals surface area contributed by atoms with Crippen molar-refractivity contribution in [1.29, 1.82) is 5.26 Å². The summed E-state index contributed by atoms with van der Waals surface area (Å²) in [6.45, 7) is 4.23. The maximum atomic E-state index is 12.4. The molecule has 0 bridgehead atoms. The highest BCUT2D eigenvalue weighted by molar-refractivity contribution is 9.11. The van der Waals surface area contributed by atoms with Crippen LogP contribution in [0.3, 0.4) is 0 Å². The van der Waals surface area contributed by atoms with Crippen molar-refractivity contribution in [2.45, 2.75) is 25.7 Å². The summed E-state index contributed by atoms with van der Waals surface area (Å²) in [6, 6.07) is 11.6. The quantitative estimate of drug-likeness (QED) is 0.719. The van der Waals surface area contributed by atoms with E-state index in [-0.39, 0.29) is 5.78 Å². The van der Waals surface area contributed by atoms with Crippen LogP contribution >= 0.6 is 27.3 Å². The van der Waals surface area contributed by atoms with Crippen LogP contribution in [0, 0.1) is 11.3 Å². The number of carbonyl (C=O) groups is 1. The van der Waals surface area contributed by atoms with Crippen LogP contribution < -0.4 is 0 Å². The minimum absolute atomic E-state index is 0.147. The van der Waals surface area contributed by atoms with Crippen LogP contribution in [0.4, 0.5) is 0 Å². The van der Waals surface area contributed by atoms with Gasteiger partial charge in [0.05, 0.1) is 9.86 Å². The number of nitrogens with zero attached hydrogens (tertiary/aromatic N) is 1. The highest BCUT2D eigenvalue weighted by Crippen LogP contribution is 2.27. The van der Waals surface area contributed by atoms with Gasteiger partial charge in [0.1, 0.15) is 5.92 Å². The second kappa shape index (κ2) is 6.34. The minimum Gasteiger partial charge on any atom is -0.292 e. The van der Waals surface area contributed by atoms with E-state index >= 15 is 0 Å². The van der Waals surface area contributed by atoms with Crippen molar-refractivity contribution in [3.63, 3.8) is 0 Å². The van der Waals surface area contributed by atoms with Gasteiger partial charge in [-0.15, -0.1) is 11.3 Å². The van der Waals surface area contributed by atoms with Gasteiger partial charge in [0.2, 0.25) is 0 Å². The van der Waals surface area contributed by atoms with E-state index in [1.165, 1.54) is 16.9 Å². The van der Waals surface area contributed by atoms with Crippen molar-refractivity contribution >= 4 is 33.0 Å². The Labute approximate surface area is 131 Å². The number of carbonyl (C=O) groups excluding carboxylic acids is 1. The van der Waals surface area contributed by atoms with Crippen LogP contribution in [-0.4, -0.2) is 5.78 Å². The molecule has 1 heterocycles. The minimum atomic E-state index is -0.738. The van der Waals surface area contributed by atoms with Crippen LogP contribution in [-0.2, 0) is 0 Å². The van der Waals surface area contributed by atoms with E-state index in [2.05, 4.69) is 35.8 Å². The van der Waals surface area contributed by atoms with Gasteiger partial charge in [-0.3, -0.25) is 4.79 Å². The van der Waals surface area contributed by atoms with Crippen molar-refractivity contribution in [2.75, 3.05) is 0 Å². The molecule has 0 amide bonds. The van der Waals surface area contributed by atoms with Crippen LogP contribution in [0.5, 0.6) is 0 Å². The fourth-order valence-electron chi connectivity index (χ4n) is 1.96. The molecule has 0 aliphatic rings. The Hall–Kier alpha value is -1.44. The van der Waals surface area contributed by atoms with Crippen molar-refractivity contribution in [3.8, 4) is 6.07 Å². The average molecular weight is 348 g/mol. The summed E-state index contributed by atoms with van der Waals surface area (Å²) in [6.07, 6.45) is 0. The fraction of sp³-hybridized carbons (Fsp3) is 0.250. The molecule has 1 aromatic carbocycles. The predicted molar refractivity (Wildman–Crippen MR) is 85.2 cm³/mol. The second-order valence-electron chi connectivity index (χ2n) is 4.89. The number of ketones is 1. The number of Topliss-reactive ketones (excluding diaryl/α,β-unsaturated/α-hetero) is 1. The van der Waals surface area contributed by atoms with E-state index in [9.17, 15) is 10.1 Å². The molecule has 0 saturated carbocycles. The largest absolute Gasteiger partial charge is 0.292 e. The predicted octanol–water partition coefficient (Wildman–Crippen LogP) is 5.12. The second-order valence-corrected chi connectivity index (χ2v) is 7.18. The highest BCUT2D eigenvalue weighted by Gasteiger charge is 2.22. The molecular weight excluding hydrogens is 334 g/mol. The molecule has 0 aliphatic carbocycles. The fourth-order valence-corrected chi connectivity index (χ4v) is 3.11.